The minimum atomic E-state index is -5.39. The van der Waals surface area contributed by atoms with Crippen LogP contribution in [-0.4, -0.2) is 39.3 Å². The zero-order valence-electron chi connectivity index (χ0n) is 26.4. The van der Waals surface area contributed by atoms with E-state index < -0.39 is 15.6 Å². The van der Waals surface area contributed by atoms with Gasteiger partial charge in [-0.2, -0.15) is 15.6 Å². The molecule has 0 aromatic carbocycles. The molecule has 0 aliphatic heterocycles. The summed E-state index contributed by atoms with van der Waals surface area (Å²) in [6, 6.07) is 0. The van der Waals surface area contributed by atoms with Crippen LogP contribution in [0.2, 0.25) is 14.4 Å². The van der Waals surface area contributed by atoms with Gasteiger partial charge in [0.2, 0.25) is 0 Å². The molecular formula is C24H63N6O8P2Pt3. The molecule has 0 rings (SSSR count). The van der Waals surface area contributed by atoms with Crippen molar-refractivity contribution < 1.29 is 97.9 Å². The molecule has 0 unspecified atom stereocenters. The van der Waals surface area contributed by atoms with Gasteiger partial charge in [-0.25, -0.2) is 0 Å². The topological polar surface area (TPSA) is 329 Å². The number of hydrogen-bond acceptors (Lipinski definition) is 14. The third-order valence-corrected chi connectivity index (χ3v) is 5.78. The van der Waals surface area contributed by atoms with Crippen molar-refractivity contribution >= 4 is 15.6 Å². The minimum Gasteiger partial charge on any atom is -0.822 e. The summed E-state index contributed by atoms with van der Waals surface area (Å²) >= 11 is 7.03. The average molecular weight is 1210 g/mol. The van der Waals surface area contributed by atoms with Crippen molar-refractivity contribution in [3.63, 3.8) is 0 Å². The fraction of sp³-hybridized carbons (Fsp3) is 1.00. The van der Waals surface area contributed by atoms with Gasteiger partial charge < -0.3 is 55.7 Å². The van der Waals surface area contributed by atoms with Gasteiger partial charge in [-0.3, -0.25) is 0 Å². The fourth-order valence-corrected chi connectivity index (χ4v) is 2.99. The first-order valence-corrected chi connectivity index (χ1v) is 21.9. The normalized spacial score (nSPS) is 9.44. The molecule has 277 valence electrons. The van der Waals surface area contributed by atoms with E-state index in [2.05, 4.69) is 80.2 Å². The molecule has 14 nitrogen and oxygen atoms in total. The summed E-state index contributed by atoms with van der Waals surface area (Å²) in [5.41, 5.74) is 31.1. The van der Waals surface area contributed by atoms with Crippen LogP contribution in [0.15, 0.2) is 0 Å². The smallest absolute Gasteiger partial charge is 0.159 e. The van der Waals surface area contributed by atoms with Crippen molar-refractivity contribution in [3.8, 4) is 0 Å². The second-order valence-electron chi connectivity index (χ2n) is 7.78. The van der Waals surface area contributed by atoms with E-state index in [1.165, 1.54) is 91.5 Å². The monoisotopic (exact) mass is 1210 g/mol. The quantitative estimate of drug-likeness (QED) is 0.0817. The Bertz CT molecular complexity index is 405. The molecule has 0 saturated carbocycles. The number of rotatable bonds is 15. The van der Waals surface area contributed by atoms with E-state index in [4.69, 9.17) is 72.9 Å². The molecule has 0 aliphatic carbocycles. The summed E-state index contributed by atoms with van der Waals surface area (Å²) in [4.78, 5) is 55.0. The summed E-state index contributed by atoms with van der Waals surface area (Å²) in [6.07, 6.45) is 14.5. The van der Waals surface area contributed by atoms with Crippen LogP contribution in [0.5, 0.6) is 0 Å². The van der Waals surface area contributed by atoms with E-state index in [1.807, 2.05) is 0 Å². The fourth-order valence-electron chi connectivity index (χ4n) is 1.28. The Balaban J connectivity index is -0.0000000544. The van der Waals surface area contributed by atoms with Gasteiger partial charge in [0.15, 0.2) is 0 Å². The molecule has 0 aliphatic rings. The first-order valence-electron chi connectivity index (χ1n) is 14.2. The van der Waals surface area contributed by atoms with E-state index in [9.17, 15) is 0 Å². The van der Waals surface area contributed by atoms with Gasteiger partial charge in [0.25, 0.3) is 0 Å². The molecule has 12 N–H and O–H groups in total. The third-order valence-electron chi connectivity index (χ3n) is 3.37. The van der Waals surface area contributed by atoms with Crippen LogP contribution < -0.4 is 63.8 Å². The average Bonchev–Trinajstić information content (AvgIpc) is 2.91. The van der Waals surface area contributed by atoms with Gasteiger partial charge in [-0.15, -0.1) is 0 Å². The summed E-state index contributed by atoms with van der Waals surface area (Å²) in [5, 5.41) is 0. The Hall–Kier alpha value is 2.04. The maximum atomic E-state index is 8.55. The molecule has 0 spiro atoms. The zero-order chi connectivity index (χ0) is 35.8. The number of hydrogen-bond donors (Lipinski definition) is 6. The Kier molecular flexibility index (Phi) is 98.4. The molecule has 0 heterocycles. The van der Waals surface area contributed by atoms with Crippen molar-refractivity contribution in [1.29, 1.82) is 0 Å². The van der Waals surface area contributed by atoms with Gasteiger partial charge >= 0.3 is 149 Å². The Morgan fingerprint density at radius 3 is 0.558 bits per heavy atom. The molecular weight excluding hydrogens is 1150 g/mol. The summed E-state index contributed by atoms with van der Waals surface area (Å²) < 4.78 is 17.1. The molecule has 0 saturated heterocycles. The van der Waals surface area contributed by atoms with Gasteiger partial charge in [-0.05, 0) is 38.9 Å². The molecule has 0 atom stereocenters. The predicted octanol–water partition coefficient (Wildman–Crippen LogP) is -1.34. The van der Waals surface area contributed by atoms with Gasteiger partial charge in [0.05, 0.1) is 0 Å². The van der Waals surface area contributed by atoms with Crippen LogP contribution in [0.4, 0.5) is 0 Å². The summed E-state index contributed by atoms with van der Waals surface area (Å²) in [7, 11) is -10.8. The van der Waals surface area contributed by atoms with Crippen molar-refractivity contribution in [1.82, 2.24) is 0 Å². The minimum absolute atomic E-state index is 0.844. The first kappa shape index (κ1) is 63.7. The van der Waals surface area contributed by atoms with Crippen molar-refractivity contribution in [2.75, 3.05) is 39.3 Å². The van der Waals surface area contributed by atoms with Crippen molar-refractivity contribution in [2.24, 2.45) is 34.4 Å². The summed E-state index contributed by atoms with van der Waals surface area (Å²) in [5.74, 6) is 0. The van der Waals surface area contributed by atoms with E-state index in [-0.39, 0.29) is 0 Å². The van der Waals surface area contributed by atoms with Crippen LogP contribution >= 0.6 is 15.6 Å². The van der Waals surface area contributed by atoms with Crippen LogP contribution in [0.3, 0.4) is 0 Å². The van der Waals surface area contributed by atoms with Gasteiger partial charge in [0, 0.05) is 0 Å². The summed E-state index contributed by atoms with van der Waals surface area (Å²) in [6.45, 7) is 11.5. The Labute approximate surface area is 297 Å². The van der Waals surface area contributed by atoms with E-state index >= 15 is 0 Å². The molecule has 0 fully saturated rings. The molecule has 43 heavy (non-hydrogen) atoms. The maximum Gasteiger partial charge on any atom is -0.159 e. The maximum absolute atomic E-state index is 8.55. The van der Waals surface area contributed by atoms with Crippen molar-refractivity contribution in [3.05, 3.63) is 0 Å². The standard InChI is InChI=1S/3C4H11N.3C4H10N.2H3O4P.3Pt/c6*1-2-3-4-5;2*1-5(2,3)4;;;/h3*2-5H2,1H3;3*1-5H2;2*(H3,1,2,3,4);;;/q;;;;;;;;3*+2/p-6. The molecule has 0 bridgehead atoms. The van der Waals surface area contributed by atoms with E-state index in [0.717, 1.165) is 39.3 Å². The van der Waals surface area contributed by atoms with E-state index in [0.29, 0.717) is 0 Å². The number of unbranched alkanes of at least 4 members (excludes halogenated alkanes) is 6. The van der Waals surface area contributed by atoms with Crippen LogP contribution in [0.1, 0.15) is 97.8 Å². The molecule has 0 aromatic rings. The van der Waals surface area contributed by atoms with Crippen molar-refractivity contribution in [2.45, 2.75) is 112 Å². The molecule has 0 aromatic heterocycles. The number of phosphoric acid groups is 2. The zero-order valence-corrected chi connectivity index (χ0v) is 35.0. The number of nitrogens with two attached hydrogens (primary N) is 6. The van der Waals surface area contributed by atoms with Gasteiger partial charge in [0.1, 0.15) is 0 Å². The largest absolute Gasteiger partial charge is 0.822 e. The molecule has 0 radical (unpaired) electrons. The predicted molar refractivity (Wildman–Crippen MR) is 156 cm³/mol. The van der Waals surface area contributed by atoms with Crippen LogP contribution in [-0.2, 0) is 68.6 Å². The van der Waals surface area contributed by atoms with Crippen LogP contribution in [0.25, 0.3) is 0 Å². The van der Waals surface area contributed by atoms with E-state index in [1.54, 1.807) is 0 Å². The third kappa shape index (κ3) is 268. The van der Waals surface area contributed by atoms with Crippen LogP contribution in [0, 0.1) is 0 Å². The second-order valence-corrected chi connectivity index (χ2v) is 13.0. The molecule has 0 amide bonds. The second kappa shape index (κ2) is 66.4. The molecule has 19 heteroatoms. The van der Waals surface area contributed by atoms with Gasteiger partial charge in [-0.1, -0.05) is 40.0 Å². The first-order chi connectivity index (χ1) is 20.0. The Morgan fingerprint density at radius 1 is 0.395 bits per heavy atom. The Morgan fingerprint density at radius 2 is 0.535 bits per heavy atom. The SMILES string of the molecule is CCCCN.CCCCN.CCCCN.NCCC[CH2][Pt+2].NCCC[CH2][Pt+2].NCCC[CH2][Pt+2].O=P([O-])([O-])[O-].O=P([O-])([O-])[O-].